The Morgan fingerprint density at radius 1 is 1.38 bits per heavy atom. The predicted octanol–water partition coefficient (Wildman–Crippen LogP) is 0.335. The third-order valence-electron chi connectivity index (χ3n) is 2.62. The van der Waals surface area contributed by atoms with Crippen molar-refractivity contribution >= 4 is 21.6 Å². The van der Waals surface area contributed by atoms with E-state index in [9.17, 15) is 13.2 Å². The summed E-state index contributed by atoms with van der Waals surface area (Å²) in [4.78, 5) is 12.2. The Morgan fingerprint density at radius 3 is 2.52 bits per heavy atom. The molecule has 21 heavy (non-hydrogen) atoms. The van der Waals surface area contributed by atoms with Crippen LogP contribution in [-0.2, 0) is 10.0 Å². The van der Waals surface area contributed by atoms with Gasteiger partial charge in [-0.1, -0.05) is 0 Å². The molecule has 8 heteroatoms. The SMILES string of the molecule is COc1ccc(N)cc1C(=O)NCC(C)(C)NS(C)(=O)=O. The van der Waals surface area contributed by atoms with E-state index in [1.807, 2.05) is 0 Å². The lowest BCUT2D eigenvalue weighted by Crippen LogP contribution is -2.51. The summed E-state index contributed by atoms with van der Waals surface area (Å²) >= 11 is 0. The Morgan fingerprint density at radius 2 is 2.00 bits per heavy atom. The standard InChI is InChI=1S/C13H21N3O4S/c1-13(2,16-21(4,18)19)8-15-12(17)10-7-9(14)5-6-11(10)20-3/h5-7,16H,8,14H2,1-4H3,(H,15,17). The lowest BCUT2D eigenvalue weighted by molar-refractivity contribution is 0.0941. The summed E-state index contributed by atoms with van der Waals surface area (Å²) < 4.78 is 30.0. The van der Waals surface area contributed by atoms with Gasteiger partial charge in [-0.2, -0.15) is 0 Å². The Bertz CT molecular complexity index is 626. The van der Waals surface area contributed by atoms with E-state index in [1.165, 1.54) is 13.2 Å². The van der Waals surface area contributed by atoms with Crippen LogP contribution in [0.2, 0.25) is 0 Å². The second-order valence-corrected chi connectivity index (χ2v) is 7.15. The van der Waals surface area contributed by atoms with E-state index in [-0.39, 0.29) is 12.5 Å². The van der Waals surface area contributed by atoms with Crippen LogP contribution in [0.5, 0.6) is 5.75 Å². The Balaban J connectivity index is 2.81. The van der Waals surface area contributed by atoms with Crippen molar-refractivity contribution in [2.24, 2.45) is 0 Å². The summed E-state index contributed by atoms with van der Waals surface area (Å²) in [6.45, 7) is 3.46. The minimum atomic E-state index is -3.36. The third kappa shape index (κ3) is 5.60. The molecule has 1 aromatic carbocycles. The van der Waals surface area contributed by atoms with E-state index in [4.69, 9.17) is 10.5 Å². The monoisotopic (exact) mass is 315 g/mol. The molecule has 0 aliphatic heterocycles. The molecule has 4 N–H and O–H groups in total. The van der Waals surface area contributed by atoms with Gasteiger partial charge in [0, 0.05) is 17.8 Å². The van der Waals surface area contributed by atoms with Gasteiger partial charge in [-0.25, -0.2) is 13.1 Å². The lowest BCUT2D eigenvalue weighted by Gasteiger charge is -2.25. The van der Waals surface area contributed by atoms with E-state index < -0.39 is 15.6 Å². The molecule has 7 nitrogen and oxygen atoms in total. The summed E-state index contributed by atoms with van der Waals surface area (Å²) in [7, 11) is -1.90. The first-order valence-corrected chi connectivity index (χ1v) is 8.14. The largest absolute Gasteiger partial charge is 0.496 e. The van der Waals surface area contributed by atoms with Gasteiger partial charge in [0.05, 0.1) is 18.9 Å². The maximum absolute atomic E-state index is 12.2. The molecule has 0 radical (unpaired) electrons. The highest BCUT2D eigenvalue weighted by molar-refractivity contribution is 7.88. The fourth-order valence-electron chi connectivity index (χ4n) is 1.84. The van der Waals surface area contributed by atoms with Crippen LogP contribution in [0.3, 0.4) is 0 Å². The number of benzene rings is 1. The van der Waals surface area contributed by atoms with E-state index >= 15 is 0 Å². The minimum absolute atomic E-state index is 0.122. The highest BCUT2D eigenvalue weighted by Gasteiger charge is 2.23. The van der Waals surface area contributed by atoms with Crippen molar-refractivity contribution in [1.82, 2.24) is 10.0 Å². The van der Waals surface area contributed by atoms with E-state index in [0.717, 1.165) is 6.26 Å². The van der Waals surface area contributed by atoms with Crippen molar-refractivity contribution in [3.8, 4) is 5.75 Å². The molecule has 0 fully saturated rings. The number of anilines is 1. The molecule has 0 spiro atoms. The van der Waals surface area contributed by atoms with Gasteiger partial charge in [0.15, 0.2) is 0 Å². The van der Waals surface area contributed by atoms with Crippen LogP contribution in [0.4, 0.5) is 5.69 Å². The molecule has 0 unspecified atom stereocenters. The molecular formula is C13H21N3O4S. The zero-order valence-corrected chi connectivity index (χ0v) is 13.4. The number of nitrogen functional groups attached to an aromatic ring is 1. The number of carbonyl (C=O) groups is 1. The van der Waals surface area contributed by atoms with Gasteiger partial charge in [-0.15, -0.1) is 0 Å². The highest BCUT2D eigenvalue weighted by atomic mass is 32.2. The molecule has 1 rings (SSSR count). The van der Waals surface area contributed by atoms with Gasteiger partial charge in [0.25, 0.3) is 5.91 Å². The van der Waals surface area contributed by atoms with Crippen molar-refractivity contribution in [1.29, 1.82) is 0 Å². The summed E-state index contributed by atoms with van der Waals surface area (Å²) in [5, 5.41) is 2.66. The molecule has 0 aliphatic carbocycles. The van der Waals surface area contributed by atoms with Crippen LogP contribution in [0.25, 0.3) is 0 Å². The fraction of sp³-hybridized carbons (Fsp3) is 0.462. The zero-order valence-electron chi connectivity index (χ0n) is 12.6. The fourth-order valence-corrected chi connectivity index (χ4v) is 2.91. The molecular weight excluding hydrogens is 294 g/mol. The normalized spacial score (nSPS) is 12.0. The van der Waals surface area contributed by atoms with Gasteiger partial charge in [0.2, 0.25) is 10.0 Å². The molecule has 0 bridgehead atoms. The molecule has 0 atom stereocenters. The molecule has 0 aliphatic rings. The summed E-state index contributed by atoms with van der Waals surface area (Å²) in [6, 6.07) is 4.74. The molecule has 0 aromatic heterocycles. The van der Waals surface area contributed by atoms with Gasteiger partial charge in [0.1, 0.15) is 5.75 Å². The second-order valence-electron chi connectivity index (χ2n) is 5.40. The molecule has 0 saturated carbocycles. The Kier molecular flexibility index (Phi) is 5.19. The highest BCUT2D eigenvalue weighted by Crippen LogP contribution is 2.21. The lowest BCUT2D eigenvalue weighted by atomic mass is 10.1. The molecule has 118 valence electrons. The van der Waals surface area contributed by atoms with Crippen molar-refractivity contribution < 1.29 is 17.9 Å². The van der Waals surface area contributed by atoms with Gasteiger partial charge in [-0.05, 0) is 32.0 Å². The third-order valence-corrected chi connectivity index (χ3v) is 3.54. The zero-order chi connectivity index (χ0) is 16.3. The molecule has 1 aromatic rings. The average Bonchev–Trinajstić information content (AvgIpc) is 2.33. The molecule has 1 amide bonds. The van der Waals surface area contributed by atoms with Crippen molar-refractivity contribution in [2.75, 3.05) is 25.6 Å². The smallest absolute Gasteiger partial charge is 0.255 e. The first kappa shape index (κ1) is 17.3. The number of nitrogens with one attached hydrogen (secondary N) is 2. The molecule has 0 heterocycles. The van der Waals surface area contributed by atoms with Gasteiger partial charge < -0.3 is 15.8 Å². The molecule has 0 saturated heterocycles. The number of amides is 1. The number of carbonyl (C=O) groups excluding carboxylic acids is 1. The van der Waals surface area contributed by atoms with Crippen molar-refractivity contribution in [3.05, 3.63) is 23.8 Å². The quantitative estimate of drug-likeness (QED) is 0.655. The minimum Gasteiger partial charge on any atom is -0.496 e. The maximum atomic E-state index is 12.2. The predicted molar refractivity (Wildman–Crippen MR) is 81.8 cm³/mol. The summed E-state index contributed by atoms with van der Waals surface area (Å²) in [5.41, 5.74) is 5.59. The number of hydrogen-bond acceptors (Lipinski definition) is 5. The van der Waals surface area contributed by atoms with Crippen LogP contribution < -0.4 is 20.5 Å². The van der Waals surface area contributed by atoms with Gasteiger partial charge in [-0.3, -0.25) is 4.79 Å². The summed E-state index contributed by atoms with van der Waals surface area (Å²) in [6.07, 6.45) is 1.07. The first-order chi connectivity index (χ1) is 9.54. The van der Waals surface area contributed by atoms with E-state index in [1.54, 1.807) is 26.0 Å². The topological polar surface area (TPSA) is 111 Å². The van der Waals surface area contributed by atoms with Gasteiger partial charge >= 0.3 is 0 Å². The number of nitrogens with two attached hydrogens (primary N) is 1. The van der Waals surface area contributed by atoms with Crippen LogP contribution >= 0.6 is 0 Å². The van der Waals surface area contributed by atoms with Crippen LogP contribution in [0.15, 0.2) is 18.2 Å². The number of hydrogen-bond donors (Lipinski definition) is 3. The first-order valence-electron chi connectivity index (χ1n) is 6.25. The number of methoxy groups -OCH3 is 1. The number of ether oxygens (including phenoxy) is 1. The average molecular weight is 315 g/mol. The Hall–Kier alpha value is -1.80. The van der Waals surface area contributed by atoms with E-state index in [0.29, 0.717) is 17.0 Å². The van der Waals surface area contributed by atoms with Crippen molar-refractivity contribution in [3.63, 3.8) is 0 Å². The van der Waals surface area contributed by atoms with Crippen molar-refractivity contribution in [2.45, 2.75) is 19.4 Å². The maximum Gasteiger partial charge on any atom is 0.255 e. The second kappa shape index (κ2) is 6.31. The van der Waals surface area contributed by atoms with E-state index in [2.05, 4.69) is 10.0 Å². The number of sulfonamides is 1. The summed E-state index contributed by atoms with van der Waals surface area (Å²) in [5.74, 6) is 0.0121. The van der Waals surface area contributed by atoms with Crippen LogP contribution in [0, 0.1) is 0 Å². The van der Waals surface area contributed by atoms with Crippen LogP contribution in [0.1, 0.15) is 24.2 Å². The van der Waals surface area contributed by atoms with Crippen LogP contribution in [-0.4, -0.2) is 39.8 Å². The number of rotatable bonds is 6. The Labute approximate surface area is 124 Å².